The van der Waals surface area contributed by atoms with Crippen LogP contribution in [0.4, 0.5) is 5.69 Å². The van der Waals surface area contributed by atoms with Gasteiger partial charge in [-0.15, -0.1) is 0 Å². The van der Waals surface area contributed by atoms with E-state index in [9.17, 15) is 4.79 Å². The molecular formula is C14H21N3O. The second-order valence-electron chi connectivity index (χ2n) is 4.57. The van der Waals surface area contributed by atoms with Crippen molar-refractivity contribution in [2.24, 2.45) is 0 Å². The fourth-order valence-corrected chi connectivity index (χ4v) is 2.12. The highest BCUT2D eigenvalue weighted by Crippen LogP contribution is 2.16. The van der Waals surface area contributed by atoms with Crippen molar-refractivity contribution < 1.29 is 4.79 Å². The van der Waals surface area contributed by atoms with E-state index in [0.29, 0.717) is 6.54 Å². The Balaban J connectivity index is 2.01. The van der Waals surface area contributed by atoms with Gasteiger partial charge in [-0.05, 0) is 30.7 Å². The van der Waals surface area contributed by atoms with Crippen molar-refractivity contribution in [3.8, 4) is 0 Å². The van der Waals surface area contributed by atoms with Crippen LogP contribution in [0.25, 0.3) is 0 Å². The molecule has 2 N–H and O–H groups in total. The Labute approximate surface area is 108 Å². The largest absolute Gasteiger partial charge is 0.362 e. The summed E-state index contributed by atoms with van der Waals surface area (Å²) < 4.78 is 0. The van der Waals surface area contributed by atoms with Crippen LogP contribution in [0, 0.1) is 0 Å². The van der Waals surface area contributed by atoms with Gasteiger partial charge in [-0.25, -0.2) is 0 Å². The Morgan fingerprint density at radius 1 is 1.33 bits per heavy atom. The molecule has 1 aromatic carbocycles. The zero-order valence-electron chi connectivity index (χ0n) is 10.9. The fraction of sp³-hybridized carbons (Fsp3) is 0.500. The van der Waals surface area contributed by atoms with Crippen molar-refractivity contribution in [3.05, 3.63) is 29.8 Å². The van der Waals surface area contributed by atoms with E-state index in [1.165, 1.54) is 5.56 Å². The maximum atomic E-state index is 11.5. The number of hydrogen-bond acceptors (Lipinski definition) is 3. The molecule has 0 radical (unpaired) electrons. The van der Waals surface area contributed by atoms with Crippen LogP contribution in [0.15, 0.2) is 24.3 Å². The minimum Gasteiger partial charge on any atom is -0.362 e. The lowest BCUT2D eigenvalue weighted by atomic mass is 10.2. The van der Waals surface area contributed by atoms with Gasteiger partial charge >= 0.3 is 0 Å². The summed E-state index contributed by atoms with van der Waals surface area (Å²) >= 11 is 0. The van der Waals surface area contributed by atoms with Gasteiger partial charge in [0.2, 0.25) is 5.91 Å². The molecule has 0 bridgehead atoms. The molecule has 0 saturated carbocycles. The number of benzene rings is 1. The van der Waals surface area contributed by atoms with Crippen LogP contribution in [-0.2, 0) is 11.3 Å². The van der Waals surface area contributed by atoms with E-state index in [1.807, 2.05) is 0 Å². The molecular weight excluding hydrogens is 226 g/mol. The minimum absolute atomic E-state index is 0.115. The van der Waals surface area contributed by atoms with E-state index in [2.05, 4.69) is 46.7 Å². The molecule has 2 rings (SSSR count). The molecule has 0 unspecified atom stereocenters. The van der Waals surface area contributed by atoms with E-state index in [0.717, 1.165) is 38.3 Å². The van der Waals surface area contributed by atoms with E-state index in [-0.39, 0.29) is 5.91 Å². The summed E-state index contributed by atoms with van der Waals surface area (Å²) in [6.45, 7) is 6.17. The number of carbonyl (C=O) groups is 1. The number of rotatable bonds is 4. The molecule has 1 aliphatic heterocycles. The molecule has 98 valence electrons. The van der Waals surface area contributed by atoms with Gasteiger partial charge in [-0.1, -0.05) is 19.1 Å². The van der Waals surface area contributed by atoms with Crippen LogP contribution >= 0.6 is 0 Å². The predicted octanol–water partition coefficient (Wildman–Crippen LogP) is 1.12. The van der Waals surface area contributed by atoms with E-state index in [1.54, 1.807) is 0 Å². The Morgan fingerprint density at radius 3 is 2.83 bits per heavy atom. The predicted molar refractivity (Wildman–Crippen MR) is 73.7 cm³/mol. The van der Waals surface area contributed by atoms with Crippen molar-refractivity contribution in [1.29, 1.82) is 0 Å². The van der Waals surface area contributed by atoms with Crippen molar-refractivity contribution in [3.63, 3.8) is 0 Å². The molecule has 1 fully saturated rings. The number of nitrogens with zero attached hydrogens (tertiary/aromatic N) is 1. The van der Waals surface area contributed by atoms with Gasteiger partial charge in [0.15, 0.2) is 0 Å². The van der Waals surface area contributed by atoms with E-state index < -0.39 is 0 Å². The van der Waals surface area contributed by atoms with Crippen LogP contribution < -0.4 is 15.5 Å². The lowest BCUT2D eigenvalue weighted by Crippen LogP contribution is -2.32. The topological polar surface area (TPSA) is 44.4 Å². The quantitative estimate of drug-likeness (QED) is 0.838. The third-order valence-corrected chi connectivity index (χ3v) is 3.14. The third kappa shape index (κ3) is 3.47. The summed E-state index contributed by atoms with van der Waals surface area (Å²) in [7, 11) is 0. The molecule has 0 atom stereocenters. The molecule has 18 heavy (non-hydrogen) atoms. The van der Waals surface area contributed by atoms with Gasteiger partial charge in [-0.2, -0.15) is 0 Å². The number of carbonyl (C=O) groups excluding carboxylic acids is 1. The van der Waals surface area contributed by atoms with Gasteiger partial charge < -0.3 is 15.5 Å². The van der Waals surface area contributed by atoms with Crippen LogP contribution in [0.3, 0.4) is 0 Å². The molecule has 0 aromatic heterocycles. The first-order valence-electron chi connectivity index (χ1n) is 6.61. The lowest BCUT2D eigenvalue weighted by Gasteiger charge is -2.21. The van der Waals surface area contributed by atoms with Crippen molar-refractivity contribution in [2.45, 2.75) is 19.9 Å². The van der Waals surface area contributed by atoms with E-state index in [4.69, 9.17) is 0 Å². The Kier molecular flexibility index (Phi) is 4.59. The third-order valence-electron chi connectivity index (χ3n) is 3.14. The molecule has 1 heterocycles. The first-order chi connectivity index (χ1) is 8.79. The van der Waals surface area contributed by atoms with Crippen molar-refractivity contribution >= 4 is 11.6 Å². The molecule has 1 aromatic rings. The van der Waals surface area contributed by atoms with Gasteiger partial charge in [0, 0.05) is 25.3 Å². The zero-order chi connectivity index (χ0) is 12.8. The van der Waals surface area contributed by atoms with Crippen molar-refractivity contribution in [2.75, 3.05) is 31.1 Å². The summed E-state index contributed by atoms with van der Waals surface area (Å²) in [5, 5.41) is 6.20. The van der Waals surface area contributed by atoms with Gasteiger partial charge in [0.1, 0.15) is 0 Å². The molecule has 1 aliphatic rings. The normalized spacial score (nSPS) is 16.3. The van der Waals surface area contributed by atoms with Gasteiger partial charge in [0.05, 0.1) is 6.54 Å². The summed E-state index contributed by atoms with van der Waals surface area (Å²) in [5.41, 5.74) is 2.41. The molecule has 4 heteroatoms. The smallest absolute Gasteiger partial charge is 0.239 e. The minimum atomic E-state index is 0.115. The average molecular weight is 247 g/mol. The summed E-state index contributed by atoms with van der Waals surface area (Å²) in [6.07, 6.45) is 1.00. The molecule has 4 nitrogen and oxygen atoms in total. The number of nitrogens with one attached hydrogen (secondary N) is 2. The molecule has 0 aliphatic carbocycles. The number of anilines is 1. The second kappa shape index (κ2) is 6.40. The highest BCUT2D eigenvalue weighted by Gasteiger charge is 2.14. The first-order valence-corrected chi connectivity index (χ1v) is 6.61. The first kappa shape index (κ1) is 12.9. The summed E-state index contributed by atoms with van der Waals surface area (Å²) in [4.78, 5) is 13.7. The van der Waals surface area contributed by atoms with Crippen LogP contribution in [0.1, 0.15) is 18.9 Å². The highest BCUT2D eigenvalue weighted by molar-refractivity contribution is 5.81. The van der Waals surface area contributed by atoms with Gasteiger partial charge in [0.25, 0.3) is 0 Å². The zero-order valence-corrected chi connectivity index (χ0v) is 10.9. The maximum absolute atomic E-state index is 11.5. The van der Waals surface area contributed by atoms with Crippen LogP contribution in [0.5, 0.6) is 0 Å². The molecule has 1 saturated heterocycles. The average Bonchev–Trinajstić information content (AvgIpc) is 2.62. The summed E-state index contributed by atoms with van der Waals surface area (Å²) in [6, 6.07) is 8.46. The Morgan fingerprint density at radius 2 is 2.11 bits per heavy atom. The monoisotopic (exact) mass is 247 g/mol. The Hall–Kier alpha value is -1.55. The fourth-order valence-electron chi connectivity index (χ4n) is 2.12. The van der Waals surface area contributed by atoms with Crippen molar-refractivity contribution in [1.82, 2.24) is 10.6 Å². The lowest BCUT2D eigenvalue weighted by molar-refractivity contribution is -0.119. The molecule has 0 spiro atoms. The SMILES string of the molecule is CCNCc1ccc(N2CCCNC(=O)C2)cc1. The standard InChI is InChI=1S/C14H21N3O/c1-2-15-10-12-4-6-13(7-5-12)17-9-3-8-16-14(18)11-17/h4-7,15H,2-3,8-11H2,1H3,(H,16,18). The number of hydrogen-bond donors (Lipinski definition) is 2. The van der Waals surface area contributed by atoms with Gasteiger partial charge in [-0.3, -0.25) is 4.79 Å². The summed E-state index contributed by atoms with van der Waals surface area (Å²) in [5.74, 6) is 0.115. The van der Waals surface area contributed by atoms with Crippen LogP contribution in [0.2, 0.25) is 0 Å². The Bertz CT molecular complexity index is 389. The molecule has 1 amide bonds. The maximum Gasteiger partial charge on any atom is 0.239 e. The second-order valence-corrected chi connectivity index (χ2v) is 4.57. The van der Waals surface area contributed by atoms with Crippen LogP contribution in [-0.4, -0.2) is 32.1 Å². The highest BCUT2D eigenvalue weighted by atomic mass is 16.2. The van der Waals surface area contributed by atoms with E-state index >= 15 is 0 Å². The number of amides is 1.